The van der Waals surface area contributed by atoms with Gasteiger partial charge in [-0.05, 0) is 105 Å². The summed E-state index contributed by atoms with van der Waals surface area (Å²) in [6.07, 6.45) is 3.86. The van der Waals surface area contributed by atoms with Crippen LogP contribution in [0.25, 0.3) is 5.57 Å². The number of hydrogen-bond acceptors (Lipinski definition) is 19. The van der Waals surface area contributed by atoms with Crippen LogP contribution in [0.4, 0.5) is 18.4 Å². The van der Waals surface area contributed by atoms with Gasteiger partial charge in [0.05, 0.1) is 80.6 Å². The lowest BCUT2D eigenvalue weighted by Crippen LogP contribution is -2.61. The number of rotatable bonds is 27. The third kappa shape index (κ3) is 16.1. The molecule has 0 radical (unpaired) electrons. The van der Waals surface area contributed by atoms with E-state index in [4.69, 9.17) is 56.1 Å². The third-order valence-corrected chi connectivity index (χ3v) is 13.9. The van der Waals surface area contributed by atoms with Gasteiger partial charge in [-0.1, -0.05) is 35.9 Å². The highest BCUT2D eigenvalue weighted by atomic mass is 35.5. The standard InChI is InChI=1S/C46H58ClF2N5O16S/c1-30-33(17-18-50-43(30)65-22-7-23-68-46(57)67-20-3-5-25-70-54(60)61)27-51(34-13-14-34)44(55)40-36(32-11-9-31(10-12-32)8-6-21-64-42-38(49)16-15-37(48)41(42)47)26-35-28-71(62,63)29-39(40)52(35)45(56)66-19-2-4-24-69-53(58)59/h9-12,15-18,34-35,39,58-61H,2-8,13-14,19-29H2,1H3. The van der Waals surface area contributed by atoms with Crippen molar-refractivity contribution in [3.05, 3.63) is 93.1 Å². The summed E-state index contributed by atoms with van der Waals surface area (Å²) in [4.78, 5) is 57.7. The minimum absolute atomic E-state index is 0.00875. The minimum Gasteiger partial charge on any atom is -0.489 e. The Labute approximate surface area is 413 Å². The zero-order valence-electron chi connectivity index (χ0n) is 39.0. The molecule has 0 spiro atoms. The Morgan fingerprint density at radius 3 is 2.06 bits per heavy atom. The van der Waals surface area contributed by atoms with Crippen LogP contribution in [0.5, 0.6) is 11.6 Å². The van der Waals surface area contributed by atoms with E-state index in [1.54, 1.807) is 24.1 Å². The van der Waals surface area contributed by atoms with E-state index in [1.807, 2.05) is 24.3 Å². The van der Waals surface area contributed by atoms with Gasteiger partial charge < -0.3 is 28.6 Å². The molecule has 2 bridgehead atoms. The number of aryl methyl sites for hydroxylation is 1. The van der Waals surface area contributed by atoms with Gasteiger partial charge in [-0.25, -0.2) is 31.8 Å². The molecule has 1 aliphatic carbocycles. The summed E-state index contributed by atoms with van der Waals surface area (Å²) in [6, 6.07) is 8.73. The van der Waals surface area contributed by atoms with Gasteiger partial charge in [-0.2, -0.15) is 0 Å². The molecule has 1 saturated heterocycles. The quantitative estimate of drug-likeness (QED) is 0.0265. The van der Waals surface area contributed by atoms with E-state index in [0.29, 0.717) is 79.5 Å². The van der Waals surface area contributed by atoms with Gasteiger partial charge in [-0.3, -0.25) is 40.2 Å². The van der Waals surface area contributed by atoms with E-state index in [-0.39, 0.29) is 88.8 Å². The molecule has 2 aliphatic heterocycles. The predicted molar refractivity (Wildman–Crippen MR) is 244 cm³/mol. The molecule has 2 aromatic carbocycles. The molecule has 71 heavy (non-hydrogen) atoms. The van der Waals surface area contributed by atoms with E-state index in [2.05, 4.69) is 14.7 Å². The molecule has 2 fully saturated rings. The number of carbonyl (C=O) groups is 3. The molecule has 2 atom stereocenters. The predicted octanol–water partition coefficient (Wildman–Crippen LogP) is 6.79. The Kier molecular flexibility index (Phi) is 20.5. The first-order valence-electron chi connectivity index (χ1n) is 23.1. The van der Waals surface area contributed by atoms with Crippen LogP contribution in [-0.4, -0.2) is 149 Å². The van der Waals surface area contributed by atoms with E-state index in [0.717, 1.165) is 17.7 Å². The minimum atomic E-state index is -3.76. The second-order valence-electron chi connectivity index (χ2n) is 17.0. The van der Waals surface area contributed by atoms with Crippen molar-refractivity contribution in [2.45, 2.75) is 95.8 Å². The summed E-state index contributed by atoms with van der Waals surface area (Å²) < 4.78 is 82.5. The van der Waals surface area contributed by atoms with Crippen LogP contribution >= 0.6 is 11.6 Å². The van der Waals surface area contributed by atoms with Crippen molar-refractivity contribution in [2.75, 3.05) is 57.8 Å². The Hall–Kier alpha value is -5.28. The monoisotopic (exact) mass is 1040 g/mol. The molecule has 25 heteroatoms. The van der Waals surface area contributed by atoms with Crippen molar-refractivity contribution in [1.29, 1.82) is 0 Å². The molecular formula is C46H58ClF2N5O16S. The lowest BCUT2D eigenvalue weighted by atomic mass is 9.84. The van der Waals surface area contributed by atoms with Gasteiger partial charge in [-0.15, -0.1) is 0 Å². The first-order valence-corrected chi connectivity index (χ1v) is 25.3. The van der Waals surface area contributed by atoms with Gasteiger partial charge in [0.2, 0.25) is 5.88 Å². The maximum Gasteiger partial charge on any atom is 0.508 e. The van der Waals surface area contributed by atoms with Crippen molar-refractivity contribution in [3.8, 4) is 11.6 Å². The molecule has 3 heterocycles. The lowest BCUT2D eigenvalue weighted by Gasteiger charge is -2.47. The number of halogens is 3. The summed E-state index contributed by atoms with van der Waals surface area (Å²) in [6.45, 7) is 1.94. The number of nitrogens with zero attached hydrogens (tertiary/aromatic N) is 5. The SMILES string of the molecule is Cc1c(CN(C(=O)C2=C(c3ccc(CCCOc4c(F)ccc(F)c4Cl)cc3)CC3CS(=O)(=O)CC2N3C(=O)OCCCCON(O)O)C2CC2)ccnc1OCCCOC(=O)OCCCCON(O)O. The number of unbranched alkanes of at least 4 members (excludes halogenated alkanes) is 2. The summed E-state index contributed by atoms with van der Waals surface area (Å²) >= 11 is 5.91. The Bertz CT molecular complexity index is 2430. The number of ether oxygens (including phenoxy) is 5. The zero-order valence-corrected chi connectivity index (χ0v) is 40.5. The first-order chi connectivity index (χ1) is 34.0. The van der Waals surface area contributed by atoms with Crippen molar-refractivity contribution in [2.24, 2.45) is 0 Å². The summed E-state index contributed by atoms with van der Waals surface area (Å²) in [5.74, 6) is -2.99. The highest BCUT2D eigenvalue weighted by Gasteiger charge is 2.51. The number of sulfone groups is 1. The molecule has 1 aromatic heterocycles. The fourth-order valence-corrected chi connectivity index (χ4v) is 10.2. The maximum absolute atomic E-state index is 15.3. The number of carbonyl (C=O) groups excluding carboxylic acids is 3. The van der Waals surface area contributed by atoms with Crippen LogP contribution in [0, 0.1) is 18.6 Å². The van der Waals surface area contributed by atoms with Crippen LogP contribution < -0.4 is 9.47 Å². The molecule has 3 aliphatic rings. The summed E-state index contributed by atoms with van der Waals surface area (Å²) in [7, 11) is -3.76. The van der Waals surface area contributed by atoms with Crippen LogP contribution in [0.1, 0.15) is 80.0 Å². The largest absolute Gasteiger partial charge is 0.508 e. The van der Waals surface area contributed by atoms with Gasteiger partial charge in [0.1, 0.15) is 10.8 Å². The zero-order chi connectivity index (χ0) is 51.1. The van der Waals surface area contributed by atoms with E-state index >= 15 is 4.79 Å². The first kappa shape index (κ1) is 55.0. The Morgan fingerprint density at radius 1 is 0.775 bits per heavy atom. The van der Waals surface area contributed by atoms with Crippen molar-refractivity contribution >= 4 is 45.2 Å². The highest BCUT2D eigenvalue weighted by Crippen LogP contribution is 2.42. The number of pyridine rings is 1. The number of aromatic nitrogens is 1. The Morgan fingerprint density at radius 2 is 1.39 bits per heavy atom. The van der Waals surface area contributed by atoms with Crippen molar-refractivity contribution in [3.63, 3.8) is 0 Å². The van der Waals surface area contributed by atoms with Crippen LogP contribution in [-0.2, 0) is 51.5 Å². The molecule has 2 amide bonds. The molecule has 390 valence electrons. The van der Waals surface area contributed by atoms with E-state index < -0.39 is 73.3 Å². The molecule has 21 nitrogen and oxygen atoms in total. The molecule has 3 aromatic rings. The van der Waals surface area contributed by atoms with Crippen LogP contribution in [0.3, 0.4) is 0 Å². The number of fused-ring (bicyclic) bond motifs is 2. The number of hydrogen-bond donors (Lipinski definition) is 4. The third-order valence-electron chi connectivity index (χ3n) is 11.8. The highest BCUT2D eigenvalue weighted by molar-refractivity contribution is 7.91. The molecular weight excluding hydrogens is 984 g/mol. The second kappa shape index (κ2) is 26.4. The normalized spacial score (nSPS) is 17.4. The van der Waals surface area contributed by atoms with Gasteiger partial charge >= 0.3 is 12.2 Å². The van der Waals surface area contributed by atoms with E-state index in [9.17, 15) is 26.8 Å². The lowest BCUT2D eigenvalue weighted by molar-refractivity contribution is -0.492. The summed E-state index contributed by atoms with van der Waals surface area (Å²) in [5, 5.41) is 33.4. The van der Waals surface area contributed by atoms with Crippen molar-refractivity contribution in [1.82, 2.24) is 25.6 Å². The average Bonchev–Trinajstić information content (AvgIpc) is 4.17. The van der Waals surface area contributed by atoms with Crippen LogP contribution in [0.2, 0.25) is 5.02 Å². The van der Waals surface area contributed by atoms with Crippen molar-refractivity contribution < 1.29 is 85.8 Å². The Balaban J connectivity index is 1.18. The van der Waals surface area contributed by atoms with E-state index in [1.165, 1.54) is 4.90 Å². The van der Waals surface area contributed by atoms with Gasteiger partial charge in [0, 0.05) is 36.3 Å². The smallest absolute Gasteiger partial charge is 0.489 e. The molecule has 2 unspecified atom stereocenters. The number of amides is 2. The van der Waals surface area contributed by atoms with Gasteiger partial charge in [0.15, 0.2) is 21.4 Å². The fourth-order valence-electron chi connectivity index (χ4n) is 8.21. The van der Waals surface area contributed by atoms with Crippen LogP contribution in [0.15, 0.2) is 54.2 Å². The topological polar surface area (TPSA) is 257 Å². The summed E-state index contributed by atoms with van der Waals surface area (Å²) in [5.41, 5.74) is 3.61. The van der Waals surface area contributed by atoms with Gasteiger partial charge in [0.25, 0.3) is 5.91 Å². The number of benzene rings is 2. The molecule has 4 N–H and O–H groups in total. The fraction of sp³-hybridized carbons (Fsp3) is 0.522. The molecule has 6 rings (SSSR count). The molecule has 1 saturated carbocycles. The second-order valence-corrected chi connectivity index (χ2v) is 19.5. The maximum atomic E-state index is 15.3. The average molecular weight is 1040 g/mol.